The number of carbonyl (C=O) groups excluding carboxylic acids is 2. The average Bonchev–Trinajstić information content (AvgIpc) is 3.27. The van der Waals surface area contributed by atoms with E-state index in [1.807, 2.05) is 14.1 Å². The van der Waals surface area contributed by atoms with E-state index in [1.165, 1.54) is 99.1 Å². The summed E-state index contributed by atoms with van der Waals surface area (Å²) in [6.45, 7) is 2.28. The molecule has 2 N–H and O–H groups in total. The fourth-order valence-corrected chi connectivity index (χ4v) is 9.99. The second kappa shape index (κ2) is 19.8. The van der Waals surface area contributed by atoms with Crippen LogP contribution in [0.4, 0.5) is 11.4 Å². The molecule has 334 valence electrons. The fraction of sp³-hybridized carbons (Fsp3) is 0.381. The van der Waals surface area contributed by atoms with Crippen molar-refractivity contribution in [3.63, 3.8) is 0 Å². The third kappa shape index (κ3) is 10.4. The summed E-state index contributed by atoms with van der Waals surface area (Å²) in [5, 5.41) is 25.5. The number of hydroxylamine groups is 2. The van der Waals surface area contributed by atoms with Crippen molar-refractivity contribution in [2.24, 2.45) is 0 Å². The Morgan fingerprint density at radius 2 is 0.887 bits per heavy atom. The van der Waals surface area contributed by atoms with Gasteiger partial charge in [-0.15, -0.1) is 0 Å². The van der Waals surface area contributed by atoms with E-state index in [4.69, 9.17) is 42.4 Å². The van der Waals surface area contributed by atoms with Crippen LogP contribution >= 0.6 is 23.2 Å². The second-order valence-corrected chi connectivity index (χ2v) is 19.8. The number of sulfone groups is 2. The third-order valence-corrected chi connectivity index (χ3v) is 14.9. The number of nitrogens with zero attached hydrogens (tertiary/aromatic N) is 4. The molecular weight excluding hydrogens is 888 g/mol. The number of piperidine rings is 2. The molecule has 0 aromatic heterocycles. The Bertz CT molecular complexity index is 2280. The summed E-state index contributed by atoms with van der Waals surface area (Å²) in [5.41, 5.74) is 0.0624. The van der Waals surface area contributed by atoms with Crippen LogP contribution in [0.1, 0.15) is 25.7 Å². The topological polar surface area (TPSA) is 193 Å². The van der Waals surface area contributed by atoms with E-state index in [0.29, 0.717) is 61.9 Å². The summed E-state index contributed by atoms with van der Waals surface area (Å²) < 4.78 is 66.2. The van der Waals surface area contributed by atoms with Gasteiger partial charge < -0.3 is 39.2 Å². The molecule has 2 atom stereocenters. The first kappa shape index (κ1) is 46.8. The number of likely N-dealkylation sites (tertiary alicyclic amines) is 2. The van der Waals surface area contributed by atoms with Gasteiger partial charge in [0.1, 0.15) is 22.9 Å². The molecule has 4 aromatic carbocycles. The molecule has 0 aliphatic carbocycles. The van der Waals surface area contributed by atoms with Gasteiger partial charge in [-0.05, 0) is 151 Å². The van der Waals surface area contributed by atoms with Gasteiger partial charge in [-0.2, -0.15) is 10.1 Å². The molecule has 0 amide bonds. The molecule has 2 fully saturated rings. The SMILES string of the molecule is COc1ccc(S(=O)(=O)c2ccc(Cl)cc2)cc1N(OC(=O)C(O)C(O)C(=O)ON(c1cc(S(=O)(=O)c2ccc(Cl)cc2)ccc1OC)C1CCN(C)CC1)C1CCN(C)CC1. The molecule has 0 radical (unpaired) electrons. The highest BCUT2D eigenvalue weighted by molar-refractivity contribution is 7.91. The van der Waals surface area contributed by atoms with Crippen molar-refractivity contribution in [3.8, 4) is 11.5 Å². The minimum absolute atomic E-state index is 0.0312. The summed E-state index contributed by atoms with van der Waals surface area (Å²) >= 11 is 12.0. The standard InChI is InChI=1S/C42H48Cl2N4O12S2/c1-45-21-17-29(18-22-45)47(35-25-33(13-15-37(35)57-3)61(53,54)31-9-5-27(43)6-10-31)59-41(51)39(49)40(50)42(52)60-48(30-19-23-46(2)24-20-30)36-26-34(14-16-38(36)58-4)62(55,56)32-11-7-28(44)8-12-32/h5-16,25-26,29-30,39-40,49-50H,17-24H2,1-4H3. The van der Waals surface area contributed by atoms with Crippen molar-refractivity contribution in [1.82, 2.24) is 9.80 Å². The third-order valence-electron chi connectivity index (χ3n) is 10.8. The zero-order valence-corrected chi connectivity index (χ0v) is 37.5. The Morgan fingerprint density at radius 3 is 1.19 bits per heavy atom. The summed E-state index contributed by atoms with van der Waals surface area (Å²) in [5.74, 6) is -2.66. The van der Waals surface area contributed by atoms with Crippen molar-refractivity contribution < 1.29 is 55.8 Å². The van der Waals surface area contributed by atoms with Gasteiger partial charge in [0.25, 0.3) is 0 Å². The van der Waals surface area contributed by atoms with Crippen LogP contribution in [0.15, 0.2) is 105 Å². The summed E-state index contributed by atoms with van der Waals surface area (Å²) in [6.07, 6.45) is -3.30. The van der Waals surface area contributed by atoms with Gasteiger partial charge in [0.05, 0.1) is 45.9 Å². The minimum Gasteiger partial charge on any atom is -0.494 e. The second-order valence-electron chi connectivity index (χ2n) is 15.0. The van der Waals surface area contributed by atoms with E-state index in [-0.39, 0.29) is 42.5 Å². The lowest BCUT2D eigenvalue weighted by Crippen LogP contribution is -2.51. The van der Waals surface area contributed by atoms with Crippen molar-refractivity contribution in [2.45, 2.75) is 69.6 Å². The lowest BCUT2D eigenvalue weighted by atomic mass is 10.0. The molecule has 2 saturated heterocycles. The van der Waals surface area contributed by atoms with Crippen LogP contribution in [0.2, 0.25) is 10.0 Å². The van der Waals surface area contributed by atoms with Crippen LogP contribution < -0.4 is 19.6 Å². The van der Waals surface area contributed by atoms with Crippen LogP contribution in [-0.2, 0) is 38.9 Å². The Balaban J connectivity index is 1.30. The molecule has 2 heterocycles. The van der Waals surface area contributed by atoms with Crippen LogP contribution in [0.3, 0.4) is 0 Å². The van der Waals surface area contributed by atoms with E-state index >= 15 is 0 Å². The van der Waals surface area contributed by atoms with Gasteiger partial charge in [0.2, 0.25) is 19.7 Å². The molecule has 2 unspecified atom stereocenters. The van der Waals surface area contributed by atoms with Crippen molar-refractivity contribution in [2.75, 3.05) is 64.6 Å². The van der Waals surface area contributed by atoms with Gasteiger partial charge in [0.15, 0.2) is 12.2 Å². The first-order chi connectivity index (χ1) is 29.4. The van der Waals surface area contributed by atoms with Gasteiger partial charge in [-0.3, -0.25) is 0 Å². The van der Waals surface area contributed by atoms with Gasteiger partial charge in [0, 0.05) is 10.0 Å². The number of rotatable bonds is 15. The van der Waals surface area contributed by atoms with Crippen molar-refractivity contribution in [1.29, 1.82) is 0 Å². The molecule has 0 bridgehead atoms. The molecule has 0 saturated carbocycles. The molecule has 0 spiro atoms. The largest absolute Gasteiger partial charge is 0.494 e. The summed E-state index contributed by atoms with van der Waals surface area (Å²) in [4.78, 5) is 42.9. The smallest absolute Gasteiger partial charge is 0.363 e. The van der Waals surface area contributed by atoms with Crippen LogP contribution in [0.25, 0.3) is 0 Å². The van der Waals surface area contributed by atoms with Gasteiger partial charge in [-0.25, -0.2) is 26.4 Å². The molecular formula is C42H48Cl2N4O12S2. The number of halogens is 2. The zero-order valence-electron chi connectivity index (χ0n) is 34.4. The highest BCUT2D eigenvalue weighted by Gasteiger charge is 2.40. The Kier molecular flexibility index (Phi) is 15.0. The lowest BCUT2D eigenvalue weighted by molar-refractivity contribution is -0.176. The van der Waals surface area contributed by atoms with Crippen LogP contribution in [0.5, 0.6) is 11.5 Å². The van der Waals surface area contributed by atoms with E-state index in [0.717, 1.165) is 10.1 Å². The molecule has 20 heteroatoms. The van der Waals surface area contributed by atoms with E-state index < -0.39 is 55.9 Å². The zero-order chi connectivity index (χ0) is 44.9. The molecule has 4 aromatic rings. The number of benzene rings is 4. The highest BCUT2D eigenvalue weighted by atomic mass is 35.5. The predicted molar refractivity (Wildman–Crippen MR) is 230 cm³/mol. The maximum absolute atomic E-state index is 13.8. The van der Waals surface area contributed by atoms with Crippen LogP contribution in [-0.4, -0.2) is 128 Å². The Hall–Kier alpha value is -4.66. The van der Waals surface area contributed by atoms with Gasteiger partial charge in [-0.1, -0.05) is 23.2 Å². The lowest BCUT2D eigenvalue weighted by Gasteiger charge is -2.38. The summed E-state index contributed by atoms with van der Waals surface area (Å²) in [7, 11) is -1.71. The van der Waals surface area contributed by atoms with Gasteiger partial charge >= 0.3 is 11.9 Å². The first-order valence-corrected chi connectivity index (χ1v) is 23.3. The van der Waals surface area contributed by atoms with Crippen LogP contribution in [0, 0.1) is 0 Å². The first-order valence-electron chi connectivity index (χ1n) is 19.6. The number of carbonyl (C=O) groups is 2. The number of hydrogen-bond acceptors (Lipinski definition) is 16. The number of aliphatic hydroxyl groups excluding tert-OH is 2. The molecule has 6 rings (SSSR count). The number of ether oxygens (including phenoxy) is 2. The number of hydrogen-bond donors (Lipinski definition) is 2. The highest BCUT2D eigenvalue weighted by Crippen LogP contribution is 2.38. The maximum Gasteiger partial charge on any atom is 0.363 e. The quantitative estimate of drug-likeness (QED) is 0.154. The number of methoxy groups -OCH3 is 2. The van der Waals surface area contributed by atoms with E-state index in [1.54, 1.807) is 0 Å². The number of aliphatic hydroxyl groups is 2. The fourth-order valence-electron chi connectivity index (χ4n) is 7.18. The predicted octanol–water partition coefficient (Wildman–Crippen LogP) is 4.82. The normalized spacial score (nSPS) is 16.8. The molecule has 2 aliphatic rings. The Morgan fingerprint density at radius 1 is 0.581 bits per heavy atom. The monoisotopic (exact) mass is 934 g/mol. The van der Waals surface area contributed by atoms with Crippen molar-refractivity contribution >= 4 is 66.2 Å². The molecule has 2 aliphatic heterocycles. The average molecular weight is 936 g/mol. The summed E-state index contributed by atoms with van der Waals surface area (Å²) in [6, 6.07) is 18.1. The van der Waals surface area contributed by atoms with Crippen molar-refractivity contribution in [3.05, 3.63) is 95.0 Å². The van der Waals surface area contributed by atoms with E-state index in [9.17, 15) is 36.6 Å². The Labute approximate surface area is 370 Å². The number of anilines is 2. The maximum atomic E-state index is 13.8. The minimum atomic E-state index is -4.12. The molecule has 16 nitrogen and oxygen atoms in total. The molecule has 62 heavy (non-hydrogen) atoms. The van der Waals surface area contributed by atoms with E-state index in [2.05, 4.69) is 9.80 Å².